The van der Waals surface area contributed by atoms with Crippen LogP contribution in [0.5, 0.6) is 0 Å². The minimum atomic E-state index is -4.85. The minimum absolute atomic E-state index is 0.174. The lowest BCUT2D eigenvalue weighted by Gasteiger charge is -2.17. The van der Waals surface area contributed by atoms with Crippen molar-refractivity contribution in [2.24, 2.45) is 5.73 Å². The summed E-state index contributed by atoms with van der Waals surface area (Å²) in [7, 11) is 1.40. The Hall–Kier alpha value is -1.70. The topological polar surface area (TPSA) is 46.3 Å². The van der Waals surface area contributed by atoms with Crippen molar-refractivity contribution < 1.29 is 22.4 Å². The van der Waals surface area contributed by atoms with Crippen LogP contribution in [0.1, 0.15) is 22.3 Å². The molecule has 3 nitrogen and oxygen atoms in total. The number of carbonyl (C=O) groups is 1. The number of carbonyl (C=O) groups excluding carboxylic acids is 1. The summed E-state index contributed by atoms with van der Waals surface area (Å²) in [6.07, 6.45) is -4.59. The Morgan fingerprint density at radius 1 is 1.40 bits per heavy atom. The van der Waals surface area contributed by atoms with E-state index in [-0.39, 0.29) is 23.5 Å². The molecular formula is C12H12F4N2OS. The number of hydrogen-bond acceptors (Lipinski definition) is 2. The fraction of sp³-hybridized carbons (Fsp3) is 0.333. The Kier molecular flexibility index (Phi) is 5.04. The third-order valence-electron chi connectivity index (χ3n) is 2.56. The molecule has 0 radical (unpaired) electrons. The van der Waals surface area contributed by atoms with E-state index in [1.807, 2.05) is 0 Å². The molecule has 0 saturated heterocycles. The van der Waals surface area contributed by atoms with E-state index in [9.17, 15) is 22.4 Å². The van der Waals surface area contributed by atoms with E-state index < -0.39 is 23.5 Å². The molecule has 8 heteroatoms. The molecule has 0 aliphatic rings. The molecular weight excluding hydrogens is 296 g/mol. The second-order valence-corrected chi connectivity index (χ2v) is 4.66. The number of rotatable bonds is 4. The first-order valence-corrected chi connectivity index (χ1v) is 5.94. The number of halogens is 4. The Bertz CT molecular complexity index is 531. The summed E-state index contributed by atoms with van der Waals surface area (Å²) in [4.78, 5) is 13.3. The number of benzene rings is 1. The lowest BCUT2D eigenvalue weighted by Crippen LogP contribution is -2.30. The predicted octanol–water partition coefficient (Wildman–Crippen LogP) is 2.59. The predicted molar refractivity (Wildman–Crippen MR) is 69.8 cm³/mol. The largest absolute Gasteiger partial charge is 0.419 e. The van der Waals surface area contributed by atoms with Crippen LogP contribution in [-0.4, -0.2) is 29.4 Å². The van der Waals surface area contributed by atoms with Crippen molar-refractivity contribution in [1.82, 2.24) is 4.90 Å². The molecule has 0 fully saturated rings. The van der Waals surface area contributed by atoms with Gasteiger partial charge >= 0.3 is 6.18 Å². The monoisotopic (exact) mass is 308 g/mol. The van der Waals surface area contributed by atoms with Crippen molar-refractivity contribution in [2.45, 2.75) is 12.6 Å². The van der Waals surface area contributed by atoms with Crippen molar-refractivity contribution in [3.63, 3.8) is 0 Å². The van der Waals surface area contributed by atoms with Crippen LogP contribution < -0.4 is 5.73 Å². The van der Waals surface area contributed by atoms with Gasteiger partial charge in [-0.25, -0.2) is 4.39 Å². The first kappa shape index (κ1) is 16.4. The average molecular weight is 308 g/mol. The van der Waals surface area contributed by atoms with E-state index in [1.165, 1.54) is 11.9 Å². The maximum Gasteiger partial charge on any atom is 0.419 e. The second kappa shape index (κ2) is 6.17. The Morgan fingerprint density at radius 2 is 2.00 bits per heavy atom. The maximum absolute atomic E-state index is 13.1. The summed E-state index contributed by atoms with van der Waals surface area (Å²) in [5, 5.41) is 0. The summed E-state index contributed by atoms with van der Waals surface area (Å²) in [6.45, 7) is 0.174. The Morgan fingerprint density at radius 3 is 2.50 bits per heavy atom. The fourth-order valence-electron chi connectivity index (χ4n) is 1.48. The van der Waals surface area contributed by atoms with E-state index >= 15 is 0 Å². The van der Waals surface area contributed by atoms with Crippen molar-refractivity contribution in [3.05, 3.63) is 35.1 Å². The lowest BCUT2D eigenvalue weighted by molar-refractivity contribution is -0.140. The smallest absolute Gasteiger partial charge is 0.393 e. The molecule has 1 aromatic rings. The van der Waals surface area contributed by atoms with Crippen LogP contribution in [0.25, 0.3) is 0 Å². The summed E-state index contributed by atoms with van der Waals surface area (Å²) in [6, 6.07) is 2.12. The second-order valence-electron chi connectivity index (χ2n) is 4.14. The number of thiocarbonyl (C=S) groups is 1. The van der Waals surface area contributed by atoms with Gasteiger partial charge in [0.15, 0.2) is 0 Å². The number of nitrogens with zero attached hydrogens (tertiary/aromatic N) is 1. The van der Waals surface area contributed by atoms with Gasteiger partial charge in [-0.2, -0.15) is 13.2 Å². The van der Waals surface area contributed by atoms with Gasteiger partial charge in [-0.1, -0.05) is 12.2 Å². The van der Waals surface area contributed by atoms with Crippen LogP contribution in [0.3, 0.4) is 0 Å². The zero-order valence-corrected chi connectivity index (χ0v) is 11.3. The van der Waals surface area contributed by atoms with Crippen molar-refractivity contribution in [3.8, 4) is 0 Å². The van der Waals surface area contributed by atoms with Gasteiger partial charge in [-0.05, 0) is 18.2 Å². The van der Waals surface area contributed by atoms with E-state index in [0.717, 1.165) is 6.07 Å². The molecule has 1 rings (SSSR count). The molecule has 0 aliphatic heterocycles. The molecule has 110 valence electrons. The van der Waals surface area contributed by atoms with E-state index in [1.54, 1.807) is 0 Å². The number of alkyl halides is 3. The maximum atomic E-state index is 13.1. The van der Waals surface area contributed by atoms with Crippen molar-refractivity contribution in [2.75, 3.05) is 13.6 Å². The fourth-order valence-corrected chi connectivity index (χ4v) is 1.57. The molecule has 0 saturated carbocycles. The van der Waals surface area contributed by atoms with E-state index in [4.69, 9.17) is 5.73 Å². The van der Waals surface area contributed by atoms with Gasteiger partial charge in [-0.3, -0.25) is 4.79 Å². The van der Waals surface area contributed by atoms with Crippen LogP contribution in [0.15, 0.2) is 18.2 Å². The zero-order valence-electron chi connectivity index (χ0n) is 10.5. The van der Waals surface area contributed by atoms with Crippen LogP contribution in [0.2, 0.25) is 0 Å². The van der Waals surface area contributed by atoms with Crippen LogP contribution >= 0.6 is 12.2 Å². The van der Waals surface area contributed by atoms with Crippen molar-refractivity contribution in [1.29, 1.82) is 0 Å². The molecule has 0 spiro atoms. The SMILES string of the molecule is CN(CCC(N)=S)C(=O)c1ccc(F)c(C(F)(F)F)c1. The molecule has 1 amide bonds. The van der Waals surface area contributed by atoms with Crippen molar-refractivity contribution >= 4 is 23.1 Å². The van der Waals surface area contributed by atoms with Gasteiger partial charge in [0.1, 0.15) is 5.82 Å². The molecule has 1 aromatic carbocycles. The number of nitrogens with two attached hydrogens (primary N) is 1. The Balaban J connectivity index is 2.97. The van der Waals surface area contributed by atoms with Gasteiger partial charge in [0.2, 0.25) is 0 Å². The molecule has 20 heavy (non-hydrogen) atoms. The first-order chi connectivity index (χ1) is 9.12. The molecule has 0 heterocycles. The lowest BCUT2D eigenvalue weighted by atomic mass is 10.1. The molecule has 2 N–H and O–H groups in total. The molecule has 0 unspecified atom stereocenters. The van der Waals surface area contributed by atoms with Crippen LogP contribution in [0.4, 0.5) is 17.6 Å². The highest BCUT2D eigenvalue weighted by molar-refractivity contribution is 7.80. The van der Waals surface area contributed by atoms with Crippen LogP contribution in [-0.2, 0) is 6.18 Å². The summed E-state index contributed by atoms with van der Waals surface area (Å²) < 4.78 is 50.8. The normalized spacial score (nSPS) is 11.2. The van der Waals surface area contributed by atoms with E-state index in [2.05, 4.69) is 12.2 Å². The highest BCUT2D eigenvalue weighted by atomic mass is 32.1. The third kappa shape index (κ3) is 4.16. The van der Waals surface area contributed by atoms with Gasteiger partial charge in [0.25, 0.3) is 5.91 Å². The Labute approximate surface area is 118 Å². The molecule has 0 bridgehead atoms. The minimum Gasteiger partial charge on any atom is -0.393 e. The molecule has 0 aliphatic carbocycles. The summed E-state index contributed by atoms with van der Waals surface area (Å²) in [5.74, 6) is -2.08. The number of amides is 1. The third-order valence-corrected chi connectivity index (χ3v) is 2.76. The zero-order chi connectivity index (χ0) is 15.5. The quantitative estimate of drug-likeness (QED) is 0.687. The highest BCUT2D eigenvalue weighted by Crippen LogP contribution is 2.32. The van der Waals surface area contributed by atoms with Gasteiger partial charge in [0.05, 0.1) is 10.6 Å². The van der Waals surface area contributed by atoms with Gasteiger partial charge in [0, 0.05) is 25.6 Å². The van der Waals surface area contributed by atoms with Gasteiger partial charge < -0.3 is 10.6 Å². The molecule has 0 atom stereocenters. The highest BCUT2D eigenvalue weighted by Gasteiger charge is 2.34. The summed E-state index contributed by atoms with van der Waals surface area (Å²) >= 11 is 4.65. The average Bonchev–Trinajstić information content (AvgIpc) is 2.34. The van der Waals surface area contributed by atoms with E-state index in [0.29, 0.717) is 12.1 Å². The summed E-state index contributed by atoms with van der Waals surface area (Å²) in [5.41, 5.74) is 3.56. The number of hydrogen-bond donors (Lipinski definition) is 1. The standard InChI is InChI=1S/C12H12F4N2OS/c1-18(5-4-10(17)20)11(19)7-2-3-9(13)8(6-7)12(14,15)16/h2-3,6H,4-5H2,1H3,(H2,17,20). The van der Waals surface area contributed by atoms with Crippen LogP contribution in [0, 0.1) is 5.82 Å². The first-order valence-electron chi connectivity index (χ1n) is 5.53. The molecule has 0 aromatic heterocycles. The van der Waals surface area contributed by atoms with Gasteiger partial charge in [-0.15, -0.1) is 0 Å².